The van der Waals surface area contributed by atoms with Crippen LogP contribution in [0.25, 0.3) is 0 Å². The van der Waals surface area contributed by atoms with Crippen LogP contribution in [-0.4, -0.2) is 42.3 Å². The second-order valence-corrected chi connectivity index (χ2v) is 7.07. The zero-order chi connectivity index (χ0) is 20.4. The third kappa shape index (κ3) is 4.14. The molecule has 2 aromatic heterocycles. The first-order valence-electron chi connectivity index (χ1n) is 9.24. The average Bonchev–Trinajstić information content (AvgIpc) is 3.43. The van der Waals surface area contributed by atoms with Crippen LogP contribution in [0.5, 0.6) is 0 Å². The van der Waals surface area contributed by atoms with Gasteiger partial charge in [0.25, 0.3) is 5.91 Å². The molecule has 1 amide bonds. The summed E-state index contributed by atoms with van der Waals surface area (Å²) in [7, 11) is 0. The lowest BCUT2D eigenvalue weighted by atomic mass is 10.1. The second kappa shape index (κ2) is 8.04. The molecular formula is C19H20ClN7O2. The monoisotopic (exact) mass is 413 g/mol. The smallest absolute Gasteiger partial charge is 0.271 e. The van der Waals surface area contributed by atoms with Gasteiger partial charge in [-0.25, -0.2) is 9.67 Å². The Morgan fingerprint density at radius 1 is 1.31 bits per heavy atom. The standard InChI is InChI=1S/C19H20ClN7O2/c1-3-26-10-14(12(2)23-26)16-8-17(29-25-16)18(28)22-19-21-11-27(24-19)9-13-6-4-5-7-15(13)20/h4-7,10-11,17H,3,8-9H2,1-2H3,(H,22,24,28). The Labute approximate surface area is 172 Å². The molecule has 29 heavy (non-hydrogen) atoms. The van der Waals surface area contributed by atoms with E-state index in [4.69, 9.17) is 16.4 Å². The van der Waals surface area contributed by atoms with Crippen LogP contribution < -0.4 is 5.32 Å². The van der Waals surface area contributed by atoms with E-state index in [9.17, 15) is 4.79 Å². The van der Waals surface area contributed by atoms with Crippen LogP contribution in [0.2, 0.25) is 5.02 Å². The number of benzene rings is 1. The SMILES string of the molecule is CCn1cc(C2=NOC(C(=O)Nc3ncn(Cc4ccccc4Cl)n3)C2)c(C)n1. The molecule has 0 radical (unpaired) electrons. The van der Waals surface area contributed by atoms with Crippen molar-refractivity contribution in [1.29, 1.82) is 0 Å². The molecule has 9 nitrogen and oxygen atoms in total. The van der Waals surface area contributed by atoms with Gasteiger partial charge in [-0.2, -0.15) is 5.10 Å². The van der Waals surface area contributed by atoms with E-state index in [1.54, 1.807) is 11.0 Å². The molecule has 0 fully saturated rings. The fraction of sp³-hybridized carbons (Fsp3) is 0.316. The first kappa shape index (κ1) is 19.1. The van der Waals surface area contributed by atoms with E-state index >= 15 is 0 Å². The number of oxime groups is 1. The molecule has 0 spiro atoms. The number of carbonyl (C=O) groups is 1. The maximum Gasteiger partial charge on any atom is 0.271 e. The molecule has 0 saturated carbocycles. The Balaban J connectivity index is 1.36. The maximum absolute atomic E-state index is 12.5. The highest BCUT2D eigenvalue weighted by Crippen LogP contribution is 2.20. The Bertz CT molecular complexity index is 1070. The minimum atomic E-state index is -0.732. The molecule has 10 heteroatoms. The molecule has 1 aliphatic heterocycles. The van der Waals surface area contributed by atoms with E-state index in [0.717, 1.165) is 23.4 Å². The summed E-state index contributed by atoms with van der Waals surface area (Å²) < 4.78 is 3.44. The van der Waals surface area contributed by atoms with Crippen molar-refractivity contribution < 1.29 is 9.63 Å². The van der Waals surface area contributed by atoms with Gasteiger partial charge in [-0.1, -0.05) is 35.0 Å². The fourth-order valence-electron chi connectivity index (χ4n) is 3.06. The summed E-state index contributed by atoms with van der Waals surface area (Å²) in [5.74, 6) is -0.145. The Morgan fingerprint density at radius 2 is 2.14 bits per heavy atom. The van der Waals surface area contributed by atoms with Crippen LogP contribution in [-0.2, 0) is 22.7 Å². The number of aromatic nitrogens is 5. The minimum absolute atomic E-state index is 0.203. The van der Waals surface area contributed by atoms with Crippen molar-refractivity contribution in [2.45, 2.75) is 39.5 Å². The molecule has 3 heterocycles. The number of nitrogens with zero attached hydrogens (tertiary/aromatic N) is 6. The van der Waals surface area contributed by atoms with Gasteiger partial charge in [0, 0.05) is 29.7 Å². The van der Waals surface area contributed by atoms with Crippen molar-refractivity contribution in [3.63, 3.8) is 0 Å². The van der Waals surface area contributed by atoms with E-state index in [0.29, 0.717) is 23.7 Å². The number of amides is 1. The lowest BCUT2D eigenvalue weighted by Crippen LogP contribution is -2.28. The zero-order valence-electron chi connectivity index (χ0n) is 16.0. The van der Waals surface area contributed by atoms with Crippen molar-refractivity contribution in [3.8, 4) is 0 Å². The van der Waals surface area contributed by atoms with Gasteiger partial charge in [0.15, 0.2) is 0 Å². The highest BCUT2D eigenvalue weighted by atomic mass is 35.5. The van der Waals surface area contributed by atoms with E-state index < -0.39 is 6.10 Å². The van der Waals surface area contributed by atoms with Gasteiger partial charge in [0.1, 0.15) is 6.33 Å². The van der Waals surface area contributed by atoms with E-state index in [1.807, 2.05) is 49.0 Å². The molecule has 150 valence electrons. The topological polar surface area (TPSA) is 99.2 Å². The Kier molecular flexibility index (Phi) is 5.30. The van der Waals surface area contributed by atoms with Gasteiger partial charge in [0.05, 0.1) is 18.0 Å². The van der Waals surface area contributed by atoms with Crippen molar-refractivity contribution in [3.05, 3.63) is 58.6 Å². The lowest BCUT2D eigenvalue weighted by molar-refractivity contribution is -0.125. The van der Waals surface area contributed by atoms with Gasteiger partial charge < -0.3 is 4.84 Å². The molecule has 1 unspecified atom stereocenters. The molecule has 4 rings (SSSR count). The van der Waals surface area contributed by atoms with Crippen LogP contribution in [0, 0.1) is 6.92 Å². The van der Waals surface area contributed by atoms with Crippen LogP contribution in [0.1, 0.15) is 30.2 Å². The van der Waals surface area contributed by atoms with Gasteiger partial charge in [-0.05, 0) is 25.5 Å². The summed E-state index contributed by atoms with van der Waals surface area (Å²) in [6, 6.07) is 7.50. The fourth-order valence-corrected chi connectivity index (χ4v) is 3.26. The van der Waals surface area contributed by atoms with Crippen LogP contribution in [0.15, 0.2) is 41.9 Å². The quantitative estimate of drug-likeness (QED) is 0.669. The summed E-state index contributed by atoms with van der Waals surface area (Å²) in [6.07, 6.45) is 3.08. The van der Waals surface area contributed by atoms with Crippen molar-refractivity contribution >= 4 is 29.2 Å². The largest absolute Gasteiger partial charge is 0.382 e. The number of halogens is 1. The number of aryl methyl sites for hydroxylation is 2. The number of nitrogens with one attached hydrogen (secondary N) is 1. The van der Waals surface area contributed by atoms with E-state index in [2.05, 4.69) is 25.7 Å². The molecule has 0 bridgehead atoms. The Morgan fingerprint density at radius 3 is 2.90 bits per heavy atom. The summed E-state index contributed by atoms with van der Waals surface area (Å²) in [5, 5.41) is 16.1. The van der Waals surface area contributed by atoms with Crippen LogP contribution >= 0.6 is 11.6 Å². The first-order chi connectivity index (χ1) is 14.0. The molecular weight excluding hydrogens is 394 g/mol. The van der Waals surface area contributed by atoms with Crippen LogP contribution in [0.3, 0.4) is 0 Å². The number of hydrogen-bond acceptors (Lipinski definition) is 6. The molecule has 1 aliphatic rings. The van der Waals surface area contributed by atoms with Gasteiger partial charge >= 0.3 is 0 Å². The number of hydrogen-bond donors (Lipinski definition) is 1. The number of rotatable bonds is 6. The molecule has 1 N–H and O–H groups in total. The summed E-state index contributed by atoms with van der Waals surface area (Å²) >= 11 is 6.17. The van der Waals surface area contributed by atoms with Crippen molar-refractivity contribution in [2.24, 2.45) is 5.16 Å². The highest BCUT2D eigenvalue weighted by Gasteiger charge is 2.31. The first-order valence-corrected chi connectivity index (χ1v) is 9.62. The molecule has 1 atom stereocenters. The Hall–Kier alpha value is -3.20. The van der Waals surface area contributed by atoms with Gasteiger partial charge in [-0.15, -0.1) is 5.10 Å². The summed E-state index contributed by atoms with van der Waals surface area (Å²) in [4.78, 5) is 22.0. The predicted molar refractivity (Wildman–Crippen MR) is 108 cm³/mol. The number of carbonyl (C=O) groups excluding carboxylic acids is 1. The average molecular weight is 414 g/mol. The predicted octanol–water partition coefficient (Wildman–Crippen LogP) is 2.64. The molecule has 3 aromatic rings. The molecule has 1 aromatic carbocycles. The van der Waals surface area contributed by atoms with Gasteiger partial charge in [-0.3, -0.25) is 14.8 Å². The molecule has 0 saturated heterocycles. The van der Waals surface area contributed by atoms with Crippen molar-refractivity contribution in [1.82, 2.24) is 24.5 Å². The third-order valence-electron chi connectivity index (χ3n) is 4.60. The normalized spacial score (nSPS) is 15.8. The maximum atomic E-state index is 12.5. The third-order valence-corrected chi connectivity index (χ3v) is 4.97. The second-order valence-electron chi connectivity index (χ2n) is 6.67. The van der Waals surface area contributed by atoms with Crippen LogP contribution in [0.4, 0.5) is 5.95 Å². The van der Waals surface area contributed by atoms with Crippen molar-refractivity contribution in [2.75, 3.05) is 5.32 Å². The zero-order valence-corrected chi connectivity index (χ0v) is 16.8. The summed E-state index contributed by atoms with van der Waals surface area (Å²) in [5.41, 5.74) is 3.37. The van der Waals surface area contributed by atoms with Gasteiger partial charge in [0.2, 0.25) is 12.1 Å². The minimum Gasteiger partial charge on any atom is -0.382 e. The lowest BCUT2D eigenvalue weighted by Gasteiger charge is -2.06. The summed E-state index contributed by atoms with van der Waals surface area (Å²) in [6.45, 7) is 5.14. The highest BCUT2D eigenvalue weighted by molar-refractivity contribution is 6.31. The molecule has 0 aliphatic carbocycles. The number of anilines is 1. The van der Waals surface area contributed by atoms with E-state index in [1.165, 1.54) is 0 Å². The van der Waals surface area contributed by atoms with E-state index in [-0.39, 0.29) is 11.9 Å².